The maximum Gasteiger partial charge on any atom is 0.187 e. The molecule has 9 atom stereocenters. The molecule has 7 nitrogen and oxygen atoms in total. The third kappa shape index (κ3) is 2.46. The van der Waals surface area contributed by atoms with Crippen molar-refractivity contribution in [3.05, 3.63) is 12.2 Å². The van der Waals surface area contributed by atoms with Gasteiger partial charge in [-0.15, -0.1) is 0 Å². The fourth-order valence-electron chi connectivity index (χ4n) is 4.64. The predicted molar refractivity (Wildman–Crippen MR) is 79.2 cm³/mol. The SMILES string of the molecule is C=C1CC(O)C2C(O[C@@H]3O[C@H](CO)[C@@H](O)[C@H](O)[C@H]3O)C1C2(C)C. The lowest BCUT2D eigenvalue weighted by molar-refractivity contribution is -0.348. The lowest BCUT2D eigenvalue weighted by Gasteiger charge is -2.64. The van der Waals surface area contributed by atoms with Gasteiger partial charge in [0, 0.05) is 11.8 Å². The number of rotatable bonds is 3. The summed E-state index contributed by atoms with van der Waals surface area (Å²) in [4.78, 5) is 0. The van der Waals surface area contributed by atoms with Crippen LogP contribution in [0.2, 0.25) is 0 Å². The molecule has 4 aliphatic rings. The Bertz CT molecular complexity index is 477. The van der Waals surface area contributed by atoms with Gasteiger partial charge in [0.15, 0.2) is 6.29 Å². The average molecular weight is 330 g/mol. The molecule has 4 rings (SSSR count). The van der Waals surface area contributed by atoms with Crippen LogP contribution in [0.4, 0.5) is 0 Å². The van der Waals surface area contributed by atoms with Crippen LogP contribution in [0, 0.1) is 17.3 Å². The number of ether oxygens (including phenoxy) is 2. The molecule has 3 saturated carbocycles. The predicted octanol–water partition coefficient (Wildman–Crippen LogP) is -1.24. The van der Waals surface area contributed by atoms with E-state index in [0.717, 1.165) is 5.57 Å². The number of aliphatic hydroxyl groups is 5. The zero-order valence-electron chi connectivity index (χ0n) is 13.4. The average Bonchev–Trinajstić information content (AvgIpc) is 2.45. The second-order valence-electron chi connectivity index (χ2n) is 7.55. The fraction of sp³-hybridized carbons (Fsp3) is 0.875. The summed E-state index contributed by atoms with van der Waals surface area (Å²) in [7, 11) is 0. The number of hydrogen-bond acceptors (Lipinski definition) is 7. The van der Waals surface area contributed by atoms with Gasteiger partial charge in [-0.3, -0.25) is 0 Å². The van der Waals surface area contributed by atoms with Gasteiger partial charge in [0.05, 0.1) is 18.8 Å². The molecule has 0 spiro atoms. The van der Waals surface area contributed by atoms with E-state index in [1.165, 1.54) is 0 Å². The molecule has 4 fully saturated rings. The minimum absolute atomic E-state index is 0.0308. The van der Waals surface area contributed by atoms with E-state index in [4.69, 9.17) is 9.47 Å². The summed E-state index contributed by atoms with van der Waals surface area (Å²) in [5, 5.41) is 49.3. The molecule has 2 bridgehead atoms. The van der Waals surface area contributed by atoms with Crippen molar-refractivity contribution in [1.82, 2.24) is 0 Å². The molecule has 3 aliphatic carbocycles. The Balaban J connectivity index is 1.76. The van der Waals surface area contributed by atoms with Gasteiger partial charge in [-0.1, -0.05) is 26.0 Å². The summed E-state index contributed by atoms with van der Waals surface area (Å²) in [5.74, 6) is -0.0892. The smallest absolute Gasteiger partial charge is 0.187 e. The molecular weight excluding hydrogens is 304 g/mol. The van der Waals surface area contributed by atoms with Gasteiger partial charge in [0.2, 0.25) is 0 Å². The standard InChI is InChI=1S/C16H26O7/c1-6-4-7(18)10-14(9(6)16(10,2)3)23-15-13(21)12(20)11(19)8(5-17)22-15/h7-15,17-21H,1,4-5H2,2-3H3/t7?,8-,9?,10?,11-,12+,13-,14?,15+/m1/s1. The van der Waals surface area contributed by atoms with Crippen LogP contribution in [0.25, 0.3) is 0 Å². The third-order valence-corrected chi connectivity index (χ3v) is 5.81. The summed E-state index contributed by atoms with van der Waals surface area (Å²) in [5.41, 5.74) is 0.743. The minimum Gasteiger partial charge on any atom is -0.394 e. The van der Waals surface area contributed by atoms with Gasteiger partial charge in [-0.05, 0) is 11.8 Å². The summed E-state index contributed by atoms with van der Waals surface area (Å²) in [6.45, 7) is 7.62. The molecule has 1 aliphatic heterocycles. The molecule has 0 radical (unpaired) electrons. The van der Waals surface area contributed by atoms with Crippen molar-refractivity contribution < 1.29 is 35.0 Å². The molecule has 1 heterocycles. The van der Waals surface area contributed by atoms with Crippen LogP contribution in [0.5, 0.6) is 0 Å². The molecular formula is C16H26O7. The first kappa shape index (κ1) is 17.3. The second kappa shape index (κ2) is 5.77. The lowest BCUT2D eigenvalue weighted by Crippen LogP contribution is -2.69. The molecule has 1 saturated heterocycles. The largest absolute Gasteiger partial charge is 0.394 e. The topological polar surface area (TPSA) is 120 Å². The molecule has 0 amide bonds. The Hall–Kier alpha value is -0.540. The van der Waals surface area contributed by atoms with Gasteiger partial charge in [-0.25, -0.2) is 0 Å². The highest BCUT2D eigenvalue weighted by molar-refractivity contribution is 5.26. The monoisotopic (exact) mass is 330 g/mol. The molecule has 5 N–H and O–H groups in total. The fourth-order valence-corrected chi connectivity index (χ4v) is 4.64. The van der Waals surface area contributed by atoms with Crippen molar-refractivity contribution in [2.75, 3.05) is 6.61 Å². The van der Waals surface area contributed by atoms with Gasteiger partial charge in [0.1, 0.15) is 24.4 Å². The van der Waals surface area contributed by atoms with Crippen LogP contribution in [0.15, 0.2) is 12.2 Å². The van der Waals surface area contributed by atoms with Gasteiger partial charge < -0.3 is 35.0 Å². The first-order valence-electron chi connectivity index (χ1n) is 8.01. The van der Waals surface area contributed by atoms with Crippen LogP contribution >= 0.6 is 0 Å². The van der Waals surface area contributed by atoms with Gasteiger partial charge in [-0.2, -0.15) is 0 Å². The van der Waals surface area contributed by atoms with E-state index < -0.39 is 43.4 Å². The van der Waals surface area contributed by atoms with E-state index in [2.05, 4.69) is 6.58 Å². The highest BCUT2D eigenvalue weighted by Crippen LogP contribution is 2.62. The van der Waals surface area contributed by atoms with Crippen LogP contribution in [0.1, 0.15) is 20.3 Å². The molecule has 132 valence electrons. The summed E-state index contributed by atoms with van der Waals surface area (Å²) >= 11 is 0. The summed E-state index contributed by atoms with van der Waals surface area (Å²) < 4.78 is 11.3. The van der Waals surface area contributed by atoms with E-state index in [1.807, 2.05) is 13.8 Å². The van der Waals surface area contributed by atoms with Crippen molar-refractivity contribution in [1.29, 1.82) is 0 Å². The first-order chi connectivity index (χ1) is 10.7. The van der Waals surface area contributed by atoms with Crippen molar-refractivity contribution in [3.63, 3.8) is 0 Å². The van der Waals surface area contributed by atoms with Gasteiger partial charge in [0.25, 0.3) is 0 Å². The van der Waals surface area contributed by atoms with Crippen LogP contribution in [-0.2, 0) is 9.47 Å². The number of aliphatic hydroxyl groups excluding tert-OH is 5. The van der Waals surface area contributed by atoms with Gasteiger partial charge >= 0.3 is 0 Å². The molecule has 0 aromatic rings. The lowest BCUT2D eigenvalue weighted by atomic mass is 9.44. The van der Waals surface area contributed by atoms with E-state index in [-0.39, 0.29) is 23.4 Å². The molecule has 7 heteroatoms. The highest BCUT2D eigenvalue weighted by Gasteiger charge is 2.64. The highest BCUT2D eigenvalue weighted by atomic mass is 16.7. The van der Waals surface area contributed by atoms with Crippen LogP contribution < -0.4 is 0 Å². The number of fused-ring (bicyclic) bond motifs is 2. The van der Waals surface area contributed by atoms with Crippen molar-refractivity contribution in [2.24, 2.45) is 17.3 Å². The maximum absolute atomic E-state index is 10.3. The van der Waals surface area contributed by atoms with Crippen molar-refractivity contribution >= 4 is 0 Å². The third-order valence-electron chi connectivity index (χ3n) is 5.81. The molecule has 4 unspecified atom stereocenters. The molecule has 23 heavy (non-hydrogen) atoms. The Kier molecular flexibility index (Phi) is 4.34. The number of hydrogen-bond donors (Lipinski definition) is 5. The quantitative estimate of drug-likeness (QED) is 0.411. The van der Waals surface area contributed by atoms with Crippen LogP contribution in [-0.4, -0.2) is 75.1 Å². The molecule has 0 aromatic heterocycles. The Morgan fingerprint density at radius 3 is 2.35 bits per heavy atom. The normalized spacial score (nSPS) is 52.1. The minimum atomic E-state index is -1.47. The second-order valence-corrected chi connectivity index (χ2v) is 7.55. The van der Waals surface area contributed by atoms with E-state index >= 15 is 0 Å². The van der Waals surface area contributed by atoms with E-state index in [9.17, 15) is 25.5 Å². The maximum atomic E-state index is 10.3. The Labute approximate surface area is 135 Å². The Morgan fingerprint density at radius 2 is 1.83 bits per heavy atom. The first-order valence-corrected chi connectivity index (χ1v) is 8.01. The van der Waals surface area contributed by atoms with E-state index in [1.54, 1.807) is 0 Å². The zero-order chi connectivity index (χ0) is 17.1. The summed E-state index contributed by atoms with van der Waals surface area (Å²) in [6.07, 6.45) is -6.88. The Morgan fingerprint density at radius 1 is 1.17 bits per heavy atom. The molecule has 0 aromatic carbocycles. The van der Waals surface area contributed by atoms with Crippen molar-refractivity contribution in [2.45, 2.75) is 63.2 Å². The van der Waals surface area contributed by atoms with Crippen LogP contribution in [0.3, 0.4) is 0 Å². The van der Waals surface area contributed by atoms with E-state index in [0.29, 0.717) is 6.42 Å². The van der Waals surface area contributed by atoms with Crippen molar-refractivity contribution in [3.8, 4) is 0 Å². The summed E-state index contributed by atoms with van der Waals surface area (Å²) in [6, 6.07) is 0. The zero-order valence-corrected chi connectivity index (χ0v) is 13.4.